The van der Waals surface area contributed by atoms with Gasteiger partial charge < -0.3 is 5.32 Å². The third-order valence-electron chi connectivity index (χ3n) is 4.72. The predicted molar refractivity (Wildman–Crippen MR) is 73.4 cm³/mol. The number of benzene rings is 1. The van der Waals surface area contributed by atoms with E-state index in [0.29, 0.717) is 25.0 Å². The van der Waals surface area contributed by atoms with Crippen molar-refractivity contribution >= 4 is 5.78 Å². The molecule has 8 heteroatoms. The van der Waals surface area contributed by atoms with Crippen molar-refractivity contribution in [2.24, 2.45) is 5.92 Å². The summed E-state index contributed by atoms with van der Waals surface area (Å²) in [6.07, 6.45) is -7.22. The highest BCUT2D eigenvalue weighted by atomic mass is 19.4. The molecular formula is C16H15F6NO. The first-order chi connectivity index (χ1) is 11.0. The highest BCUT2D eigenvalue weighted by molar-refractivity contribution is 5.98. The predicted octanol–water partition coefficient (Wildman–Crippen LogP) is 4.44. The van der Waals surface area contributed by atoms with Crippen LogP contribution in [0.3, 0.4) is 0 Å². The Bertz CT molecular complexity index is 607. The normalized spacial score (nSPS) is 27.3. The number of carbonyl (C=O) groups excluding carboxylic acids is 1. The van der Waals surface area contributed by atoms with E-state index in [2.05, 4.69) is 5.32 Å². The third-order valence-corrected chi connectivity index (χ3v) is 4.72. The van der Waals surface area contributed by atoms with Gasteiger partial charge in [0.2, 0.25) is 0 Å². The lowest BCUT2D eigenvalue weighted by molar-refractivity contribution is -0.143. The van der Waals surface area contributed by atoms with Gasteiger partial charge >= 0.3 is 12.4 Å². The monoisotopic (exact) mass is 351 g/mol. The average molecular weight is 351 g/mol. The molecule has 2 nitrogen and oxygen atoms in total. The van der Waals surface area contributed by atoms with E-state index in [4.69, 9.17) is 0 Å². The summed E-state index contributed by atoms with van der Waals surface area (Å²) in [5, 5.41) is 3.29. The van der Waals surface area contributed by atoms with E-state index >= 15 is 0 Å². The van der Waals surface area contributed by atoms with E-state index < -0.39 is 40.7 Å². The van der Waals surface area contributed by atoms with Crippen LogP contribution in [0.5, 0.6) is 0 Å². The molecule has 0 aromatic heterocycles. The van der Waals surface area contributed by atoms with Gasteiger partial charge in [0.05, 0.1) is 11.1 Å². The van der Waals surface area contributed by atoms with E-state index in [-0.39, 0.29) is 18.2 Å². The Balaban J connectivity index is 1.95. The molecule has 2 saturated heterocycles. The number of hydrogen-bond donors (Lipinski definition) is 1. The lowest BCUT2D eigenvalue weighted by Crippen LogP contribution is -2.40. The van der Waals surface area contributed by atoms with Crippen LogP contribution in [0.25, 0.3) is 0 Å². The van der Waals surface area contributed by atoms with Gasteiger partial charge in [-0.05, 0) is 43.9 Å². The van der Waals surface area contributed by atoms with Crippen molar-refractivity contribution in [3.8, 4) is 0 Å². The molecule has 132 valence electrons. The molecule has 2 atom stereocenters. The summed E-state index contributed by atoms with van der Waals surface area (Å²) in [5.74, 6) is -1.17. The Morgan fingerprint density at radius 3 is 1.75 bits per heavy atom. The van der Waals surface area contributed by atoms with E-state index in [1.54, 1.807) is 0 Å². The van der Waals surface area contributed by atoms with Gasteiger partial charge in [0, 0.05) is 23.6 Å². The summed E-state index contributed by atoms with van der Waals surface area (Å²) in [5.41, 5.74) is -3.40. The molecule has 0 spiro atoms. The van der Waals surface area contributed by atoms with Gasteiger partial charge in [-0.2, -0.15) is 26.3 Å². The second kappa shape index (κ2) is 5.75. The lowest BCUT2D eigenvalue weighted by atomic mass is 9.85. The Labute approximate surface area is 134 Å². The molecule has 2 heterocycles. The van der Waals surface area contributed by atoms with Crippen LogP contribution >= 0.6 is 0 Å². The standard InChI is InChI=1S/C16H15F6NO/c17-15(18,19)10-3-8(4-11(7-10)16(20,21)22)14(24)9-5-12-1-2-13(6-9)23-12/h3-4,7,9,12-13,23H,1-2,5-6H2. The number of nitrogens with one attached hydrogen (secondary N) is 1. The number of rotatable bonds is 2. The number of alkyl halides is 6. The Morgan fingerprint density at radius 1 is 0.875 bits per heavy atom. The maximum atomic E-state index is 12.9. The molecule has 2 fully saturated rings. The number of Topliss-reactive ketones (excluding diaryl/α,β-unsaturated/α-hetero) is 1. The molecular weight excluding hydrogens is 336 g/mol. The van der Waals surface area contributed by atoms with Gasteiger partial charge in [0.25, 0.3) is 0 Å². The van der Waals surface area contributed by atoms with Gasteiger partial charge in [0.1, 0.15) is 0 Å². The van der Waals surface area contributed by atoms with Crippen molar-refractivity contribution in [3.05, 3.63) is 34.9 Å². The van der Waals surface area contributed by atoms with Crippen LogP contribution in [0, 0.1) is 5.92 Å². The van der Waals surface area contributed by atoms with Crippen LogP contribution in [-0.4, -0.2) is 17.9 Å². The van der Waals surface area contributed by atoms with Gasteiger partial charge in [0.15, 0.2) is 5.78 Å². The molecule has 1 aromatic carbocycles. The van der Waals surface area contributed by atoms with Crippen molar-refractivity contribution in [1.82, 2.24) is 5.32 Å². The molecule has 1 N–H and O–H groups in total. The molecule has 2 bridgehead atoms. The summed E-state index contributed by atoms with van der Waals surface area (Å²) < 4.78 is 77.3. The number of piperidine rings is 1. The molecule has 3 rings (SSSR count). The maximum absolute atomic E-state index is 12.9. The first-order valence-corrected chi connectivity index (χ1v) is 7.64. The minimum atomic E-state index is -4.94. The molecule has 2 aliphatic rings. The Hall–Kier alpha value is -1.57. The molecule has 2 aliphatic heterocycles. The van der Waals surface area contributed by atoms with Crippen molar-refractivity contribution in [2.45, 2.75) is 50.1 Å². The summed E-state index contributed by atoms with van der Waals surface area (Å²) in [7, 11) is 0. The van der Waals surface area contributed by atoms with E-state index in [1.165, 1.54) is 0 Å². The Morgan fingerprint density at radius 2 is 1.33 bits per heavy atom. The largest absolute Gasteiger partial charge is 0.416 e. The minimum Gasteiger partial charge on any atom is -0.311 e. The fourth-order valence-corrected chi connectivity index (χ4v) is 3.60. The van der Waals surface area contributed by atoms with E-state index in [9.17, 15) is 31.1 Å². The summed E-state index contributed by atoms with van der Waals surface area (Å²) >= 11 is 0. The highest BCUT2D eigenvalue weighted by Crippen LogP contribution is 2.38. The highest BCUT2D eigenvalue weighted by Gasteiger charge is 2.40. The van der Waals surface area contributed by atoms with Crippen LogP contribution in [0.2, 0.25) is 0 Å². The average Bonchev–Trinajstić information content (AvgIpc) is 2.82. The number of carbonyl (C=O) groups is 1. The first-order valence-electron chi connectivity index (χ1n) is 7.64. The van der Waals surface area contributed by atoms with Crippen molar-refractivity contribution < 1.29 is 31.1 Å². The van der Waals surface area contributed by atoms with Crippen molar-refractivity contribution in [3.63, 3.8) is 0 Å². The molecule has 0 aliphatic carbocycles. The minimum absolute atomic E-state index is 0.0445. The number of hydrogen-bond acceptors (Lipinski definition) is 2. The molecule has 2 unspecified atom stereocenters. The fraction of sp³-hybridized carbons (Fsp3) is 0.562. The van der Waals surface area contributed by atoms with Crippen LogP contribution in [0.4, 0.5) is 26.3 Å². The third kappa shape index (κ3) is 3.43. The number of ketones is 1. The van der Waals surface area contributed by atoms with Crippen LogP contribution in [0.15, 0.2) is 18.2 Å². The SMILES string of the molecule is O=C(c1cc(C(F)(F)F)cc(C(F)(F)F)c1)C1CC2CCC(C1)N2. The van der Waals surface area contributed by atoms with Crippen molar-refractivity contribution in [1.29, 1.82) is 0 Å². The summed E-state index contributed by atoms with van der Waals surface area (Å²) in [6, 6.07) is 1.34. The maximum Gasteiger partial charge on any atom is 0.416 e. The van der Waals surface area contributed by atoms with Gasteiger partial charge in [-0.3, -0.25) is 4.79 Å². The van der Waals surface area contributed by atoms with Crippen LogP contribution in [0.1, 0.15) is 47.2 Å². The number of halogens is 6. The van der Waals surface area contributed by atoms with Crippen LogP contribution < -0.4 is 5.32 Å². The van der Waals surface area contributed by atoms with Gasteiger partial charge in [-0.1, -0.05) is 0 Å². The molecule has 1 aromatic rings. The topological polar surface area (TPSA) is 29.1 Å². The van der Waals surface area contributed by atoms with E-state index in [0.717, 1.165) is 12.8 Å². The second-order valence-corrected chi connectivity index (χ2v) is 6.46. The first kappa shape index (κ1) is 17.3. The zero-order valence-electron chi connectivity index (χ0n) is 12.5. The second-order valence-electron chi connectivity index (χ2n) is 6.46. The molecule has 0 saturated carbocycles. The molecule has 24 heavy (non-hydrogen) atoms. The summed E-state index contributed by atoms with van der Waals surface area (Å²) in [4.78, 5) is 12.5. The van der Waals surface area contributed by atoms with Gasteiger partial charge in [-0.15, -0.1) is 0 Å². The zero-order chi connectivity index (χ0) is 17.7. The molecule has 0 amide bonds. The van der Waals surface area contributed by atoms with E-state index in [1.807, 2.05) is 0 Å². The smallest absolute Gasteiger partial charge is 0.311 e. The van der Waals surface area contributed by atoms with Crippen LogP contribution in [-0.2, 0) is 12.4 Å². The Kier molecular flexibility index (Phi) is 4.14. The lowest BCUT2D eigenvalue weighted by Gasteiger charge is -2.28. The number of fused-ring (bicyclic) bond motifs is 2. The summed E-state index contributed by atoms with van der Waals surface area (Å²) in [6.45, 7) is 0. The van der Waals surface area contributed by atoms with Gasteiger partial charge in [-0.25, -0.2) is 0 Å². The quantitative estimate of drug-likeness (QED) is 0.631. The fourth-order valence-electron chi connectivity index (χ4n) is 3.60. The molecule has 0 radical (unpaired) electrons. The zero-order valence-corrected chi connectivity index (χ0v) is 12.5. The van der Waals surface area contributed by atoms with Crippen molar-refractivity contribution in [2.75, 3.05) is 0 Å².